The van der Waals surface area contributed by atoms with Crippen LogP contribution in [0.2, 0.25) is 0 Å². The van der Waals surface area contributed by atoms with Gasteiger partial charge in [0.1, 0.15) is 11.4 Å². The largest absolute Gasteiger partial charge is 0.421 e. The molecule has 2 saturated carbocycles. The average molecular weight is 684 g/mol. The van der Waals surface area contributed by atoms with Gasteiger partial charge in [-0.3, -0.25) is 4.79 Å². The summed E-state index contributed by atoms with van der Waals surface area (Å²) in [6.07, 6.45) is 8.40. The van der Waals surface area contributed by atoms with Crippen LogP contribution in [0.3, 0.4) is 0 Å². The molecule has 4 fully saturated rings. The van der Waals surface area contributed by atoms with Gasteiger partial charge in [0.05, 0.1) is 0 Å². The quantitative estimate of drug-likeness (QED) is 0.199. The lowest BCUT2D eigenvalue weighted by Gasteiger charge is -2.41. The van der Waals surface area contributed by atoms with E-state index in [4.69, 9.17) is 0 Å². The maximum Gasteiger partial charge on any atom is 0.421 e. The van der Waals surface area contributed by atoms with Gasteiger partial charge >= 0.3 is 6.18 Å². The number of hydrogen-bond acceptors (Lipinski definition) is 7. The van der Waals surface area contributed by atoms with Gasteiger partial charge in [-0.1, -0.05) is 38.8 Å². The zero-order chi connectivity index (χ0) is 34.6. The van der Waals surface area contributed by atoms with E-state index in [1.807, 2.05) is 11.0 Å². The molecule has 0 bridgehead atoms. The van der Waals surface area contributed by atoms with Crippen LogP contribution in [0.1, 0.15) is 107 Å². The molecular weight excluding hydrogens is 627 g/mol. The molecule has 1 aromatic heterocycles. The van der Waals surface area contributed by atoms with Crippen LogP contribution in [0, 0.1) is 11.3 Å². The third-order valence-corrected chi connectivity index (χ3v) is 11.5. The number of carbonyl (C=O) groups excluding carboxylic acids is 1. The first-order chi connectivity index (χ1) is 23.6. The third kappa shape index (κ3) is 9.45. The first kappa shape index (κ1) is 35.9. The first-order valence-corrected chi connectivity index (χ1v) is 18.8. The summed E-state index contributed by atoms with van der Waals surface area (Å²) in [5.74, 6) is 1.28. The maximum absolute atomic E-state index is 14.1. The minimum absolute atomic E-state index is 0.136. The average Bonchev–Trinajstić information content (AvgIpc) is 4.04. The van der Waals surface area contributed by atoms with Crippen LogP contribution in [0.4, 0.5) is 30.6 Å². The van der Waals surface area contributed by atoms with Crippen molar-refractivity contribution < 1.29 is 18.0 Å². The molecule has 270 valence electrons. The summed E-state index contributed by atoms with van der Waals surface area (Å²) in [6, 6.07) is 7.15. The second-order valence-electron chi connectivity index (χ2n) is 15.3. The molecule has 0 unspecified atom stereocenters. The Morgan fingerprint density at radius 1 is 1.04 bits per heavy atom. The standard InChI is InChI=1S/C38H56F3N7O/c1-4-18-48(34(49)11-8-27-6-7-27)26-37(16-17-37)25-43-35-32(38(39,40)41)24-42-36(45-35)44-33-10-9-30(23-28(33)5-2)29-12-21-47(22-13-29)31-14-19-46(3)20-15-31/h9-10,23-24,27,29,31H,4-8,11-22,25-26H2,1-3H3,(H2,42,43,44,45). The summed E-state index contributed by atoms with van der Waals surface area (Å²) >= 11 is 0. The highest BCUT2D eigenvalue weighted by atomic mass is 19.4. The monoisotopic (exact) mass is 683 g/mol. The van der Waals surface area contributed by atoms with Crippen molar-refractivity contribution in [3.63, 3.8) is 0 Å². The molecule has 2 aliphatic heterocycles. The summed E-state index contributed by atoms with van der Waals surface area (Å²) in [7, 11) is 2.21. The number of nitrogens with one attached hydrogen (secondary N) is 2. The van der Waals surface area contributed by atoms with E-state index in [1.54, 1.807) is 0 Å². The number of nitrogens with zero attached hydrogens (tertiary/aromatic N) is 5. The SMILES string of the molecule is CCCN(CC1(CNc2nc(Nc3ccc(C4CCN(C5CCN(C)CC5)CC4)cc3CC)ncc2C(F)(F)F)CC1)C(=O)CCC1CC1. The van der Waals surface area contributed by atoms with E-state index in [1.165, 1.54) is 44.3 Å². The summed E-state index contributed by atoms with van der Waals surface area (Å²) in [5, 5.41) is 6.29. The highest BCUT2D eigenvalue weighted by Gasteiger charge is 2.45. The Balaban J connectivity index is 1.10. The molecule has 49 heavy (non-hydrogen) atoms. The van der Waals surface area contributed by atoms with E-state index in [9.17, 15) is 18.0 Å². The summed E-state index contributed by atoms with van der Waals surface area (Å²) in [5.41, 5.74) is 2.14. The van der Waals surface area contributed by atoms with Crippen molar-refractivity contribution in [1.82, 2.24) is 24.7 Å². The fraction of sp³-hybridized carbons (Fsp3) is 0.711. The first-order valence-electron chi connectivity index (χ1n) is 18.8. The number of amides is 1. The predicted molar refractivity (Wildman–Crippen MR) is 189 cm³/mol. The number of benzene rings is 1. The van der Waals surface area contributed by atoms with Crippen molar-refractivity contribution in [2.75, 3.05) is 63.5 Å². The van der Waals surface area contributed by atoms with E-state index in [0.717, 1.165) is 75.5 Å². The number of rotatable bonds is 15. The van der Waals surface area contributed by atoms with Gasteiger partial charge in [-0.2, -0.15) is 18.2 Å². The van der Waals surface area contributed by atoms with Crippen molar-refractivity contribution >= 4 is 23.4 Å². The Labute approximate surface area is 290 Å². The van der Waals surface area contributed by atoms with Gasteiger partial charge in [0.25, 0.3) is 0 Å². The predicted octanol–water partition coefficient (Wildman–Crippen LogP) is 7.70. The van der Waals surface area contributed by atoms with Gasteiger partial charge in [-0.15, -0.1) is 0 Å². The maximum atomic E-state index is 14.1. The molecule has 2 aromatic rings. The molecule has 0 atom stereocenters. The number of hydrogen-bond donors (Lipinski definition) is 2. The van der Waals surface area contributed by atoms with Crippen LogP contribution in [-0.2, 0) is 17.4 Å². The van der Waals surface area contributed by atoms with Crippen LogP contribution in [0.25, 0.3) is 0 Å². The lowest BCUT2D eigenvalue weighted by molar-refractivity contribution is -0.137. The second kappa shape index (κ2) is 15.5. The minimum atomic E-state index is -4.59. The van der Waals surface area contributed by atoms with Crippen molar-refractivity contribution in [2.45, 2.75) is 109 Å². The molecule has 1 amide bonds. The fourth-order valence-corrected chi connectivity index (χ4v) is 7.84. The molecule has 8 nitrogen and oxygen atoms in total. The Morgan fingerprint density at radius 3 is 2.41 bits per heavy atom. The number of aryl methyl sites for hydroxylation is 1. The smallest absolute Gasteiger partial charge is 0.369 e. The molecule has 2 saturated heterocycles. The van der Waals surface area contributed by atoms with E-state index in [0.29, 0.717) is 43.9 Å². The lowest BCUT2D eigenvalue weighted by atomic mass is 9.86. The van der Waals surface area contributed by atoms with Crippen LogP contribution in [-0.4, -0.2) is 89.5 Å². The number of alkyl halides is 3. The van der Waals surface area contributed by atoms with Crippen LogP contribution in [0.15, 0.2) is 24.4 Å². The summed E-state index contributed by atoms with van der Waals surface area (Å²) in [4.78, 5) is 28.5. The summed E-state index contributed by atoms with van der Waals surface area (Å²) in [6.45, 7) is 10.3. The Hall–Kier alpha value is -2.92. The van der Waals surface area contributed by atoms with E-state index in [-0.39, 0.29) is 23.1 Å². The number of likely N-dealkylation sites (tertiary alicyclic amines) is 2. The number of aromatic nitrogens is 2. The fourth-order valence-electron chi connectivity index (χ4n) is 7.84. The third-order valence-electron chi connectivity index (χ3n) is 11.5. The minimum Gasteiger partial charge on any atom is -0.369 e. The van der Waals surface area contributed by atoms with Crippen molar-refractivity contribution in [3.05, 3.63) is 41.1 Å². The number of carbonyl (C=O) groups is 1. The number of halogens is 3. The van der Waals surface area contributed by atoms with E-state index >= 15 is 0 Å². The van der Waals surface area contributed by atoms with Crippen molar-refractivity contribution in [1.29, 1.82) is 0 Å². The molecule has 4 aliphatic rings. The Bertz CT molecular complexity index is 1410. The lowest BCUT2D eigenvalue weighted by Crippen LogP contribution is -2.46. The van der Waals surface area contributed by atoms with Gasteiger partial charge in [-0.05, 0) is 120 Å². The molecule has 0 radical (unpaired) electrons. The molecule has 11 heteroatoms. The molecule has 0 spiro atoms. The molecule has 2 aliphatic carbocycles. The van der Waals surface area contributed by atoms with Crippen LogP contribution in [0.5, 0.6) is 0 Å². The highest BCUT2D eigenvalue weighted by molar-refractivity contribution is 5.76. The van der Waals surface area contributed by atoms with Gasteiger partial charge < -0.3 is 25.3 Å². The van der Waals surface area contributed by atoms with Gasteiger partial charge in [0.2, 0.25) is 11.9 Å². The Kier molecular flexibility index (Phi) is 11.4. The molecule has 3 heterocycles. The zero-order valence-corrected chi connectivity index (χ0v) is 29.8. The van der Waals surface area contributed by atoms with E-state index < -0.39 is 11.7 Å². The topological polar surface area (TPSA) is 76.6 Å². The van der Waals surface area contributed by atoms with Gasteiger partial charge in [0.15, 0.2) is 0 Å². The highest BCUT2D eigenvalue weighted by Crippen LogP contribution is 2.47. The van der Waals surface area contributed by atoms with Crippen LogP contribution >= 0.6 is 0 Å². The van der Waals surface area contributed by atoms with E-state index in [2.05, 4.69) is 63.4 Å². The normalized spacial score (nSPS) is 20.7. The zero-order valence-electron chi connectivity index (χ0n) is 29.8. The van der Waals surface area contributed by atoms with Gasteiger partial charge in [0, 0.05) is 49.4 Å². The van der Waals surface area contributed by atoms with Gasteiger partial charge in [-0.25, -0.2) is 4.98 Å². The summed E-state index contributed by atoms with van der Waals surface area (Å²) < 4.78 is 42.3. The van der Waals surface area contributed by atoms with Crippen LogP contribution < -0.4 is 10.6 Å². The molecular formula is C38H56F3N7O. The second-order valence-corrected chi connectivity index (χ2v) is 15.3. The number of anilines is 3. The van der Waals surface area contributed by atoms with Crippen molar-refractivity contribution in [3.8, 4) is 0 Å². The molecule has 2 N–H and O–H groups in total. The number of piperidine rings is 2. The Morgan fingerprint density at radius 2 is 1.78 bits per heavy atom. The molecule has 6 rings (SSSR count). The van der Waals surface area contributed by atoms with Crippen molar-refractivity contribution in [2.24, 2.45) is 11.3 Å². The molecule has 1 aromatic carbocycles.